The van der Waals surface area contributed by atoms with E-state index in [1.807, 2.05) is 0 Å². The molecule has 1 aromatic rings. The summed E-state index contributed by atoms with van der Waals surface area (Å²) in [5.74, 6) is 1.84. The first kappa shape index (κ1) is 10.1. The Morgan fingerprint density at radius 1 is 1.50 bits per heavy atom. The topological polar surface area (TPSA) is 52.4 Å². The normalized spacial score (nSPS) is 34.8. The fourth-order valence-corrected chi connectivity index (χ4v) is 3.47. The van der Waals surface area contributed by atoms with Gasteiger partial charge >= 0.3 is 0 Å². The molecule has 1 aromatic carbocycles. The molecule has 1 aliphatic heterocycles. The average molecular weight is 243 g/mol. The van der Waals surface area contributed by atoms with E-state index in [0.717, 1.165) is 11.3 Å². The van der Waals surface area contributed by atoms with Crippen LogP contribution in [-0.4, -0.2) is 11.5 Å². The maximum atomic E-state index is 10.9. The smallest absolute Gasteiger partial charge is 0.270 e. The Hall–Kier alpha value is -1.84. The van der Waals surface area contributed by atoms with Crippen molar-refractivity contribution < 1.29 is 9.66 Å². The summed E-state index contributed by atoms with van der Waals surface area (Å²) in [6, 6.07) is 4.88. The molecule has 18 heavy (non-hydrogen) atoms. The first-order valence-electron chi connectivity index (χ1n) is 6.23. The lowest BCUT2D eigenvalue weighted by Crippen LogP contribution is -2.24. The van der Waals surface area contributed by atoms with Crippen LogP contribution >= 0.6 is 0 Å². The van der Waals surface area contributed by atoms with Gasteiger partial charge in [0, 0.05) is 23.6 Å². The molecule has 0 unspecified atom stereocenters. The minimum atomic E-state index is -0.345. The van der Waals surface area contributed by atoms with Crippen LogP contribution < -0.4 is 4.74 Å². The fraction of sp³-hybridized carbons (Fsp3) is 0.429. The highest BCUT2D eigenvalue weighted by Gasteiger charge is 2.60. The molecule has 0 saturated heterocycles. The number of allylic oxidation sites excluding steroid dienone is 1. The molecule has 0 spiro atoms. The van der Waals surface area contributed by atoms with Crippen LogP contribution in [0.1, 0.15) is 18.9 Å². The molecular formula is C14H13NO3. The maximum absolute atomic E-state index is 10.9. The van der Waals surface area contributed by atoms with Gasteiger partial charge in [0.15, 0.2) is 0 Å². The number of nitro groups is 1. The standard InChI is InChI=1S/C14H13NO3/c1-14-6-8(14)4-10-11-5-9(15(16)17)2-3-13(11)18-7-12(10)14/h2-5,8,12H,6-7H2,1H3/t8-,12-,14+/m0/s1. The molecule has 0 N–H and O–H groups in total. The van der Waals surface area contributed by atoms with Gasteiger partial charge in [0.2, 0.25) is 0 Å². The molecule has 1 fully saturated rings. The zero-order valence-electron chi connectivity index (χ0n) is 10.1. The molecule has 0 radical (unpaired) electrons. The van der Waals surface area contributed by atoms with E-state index in [4.69, 9.17) is 4.74 Å². The lowest BCUT2D eigenvalue weighted by molar-refractivity contribution is -0.384. The third-order valence-electron chi connectivity index (χ3n) is 4.79. The van der Waals surface area contributed by atoms with Gasteiger partial charge in [-0.25, -0.2) is 0 Å². The van der Waals surface area contributed by atoms with Crippen molar-refractivity contribution in [3.05, 3.63) is 40.0 Å². The Morgan fingerprint density at radius 3 is 3.11 bits per heavy atom. The van der Waals surface area contributed by atoms with Crippen molar-refractivity contribution in [1.82, 2.24) is 0 Å². The Morgan fingerprint density at radius 2 is 2.33 bits per heavy atom. The molecule has 4 nitrogen and oxygen atoms in total. The molecule has 1 heterocycles. The van der Waals surface area contributed by atoms with Crippen LogP contribution in [0.2, 0.25) is 0 Å². The predicted octanol–water partition coefficient (Wildman–Crippen LogP) is 3.03. The summed E-state index contributed by atoms with van der Waals surface area (Å²) in [6.45, 7) is 3.00. The molecule has 3 atom stereocenters. The van der Waals surface area contributed by atoms with Gasteiger partial charge in [-0.2, -0.15) is 0 Å². The maximum Gasteiger partial charge on any atom is 0.270 e. The van der Waals surface area contributed by atoms with E-state index >= 15 is 0 Å². The van der Waals surface area contributed by atoms with Gasteiger partial charge < -0.3 is 4.74 Å². The van der Waals surface area contributed by atoms with Gasteiger partial charge in [-0.05, 0) is 29.4 Å². The van der Waals surface area contributed by atoms with Gasteiger partial charge in [0.05, 0.1) is 11.5 Å². The zero-order valence-corrected chi connectivity index (χ0v) is 10.1. The molecule has 0 bridgehead atoms. The second-order valence-corrected chi connectivity index (χ2v) is 5.74. The van der Waals surface area contributed by atoms with Crippen molar-refractivity contribution in [2.75, 3.05) is 6.61 Å². The molecule has 0 aromatic heterocycles. The molecule has 3 aliphatic rings. The largest absolute Gasteiger partial charge is 0.492 e. The van der Waals surface area contributed by atoms with Crippen molar-refractivity contribution >= 4 is 11.3 Å². The lowest BCUT2D eigenvalue weighted by Gasteiger charge is -2.29. The molecule has 4 heteroatoms. The van der Waals surface area contributed by atoms with E-state index in [1.165, 1.54) is 18.1 Å². The van der Waals surface area contributed by atoms with E-state index < -0.39 is 0 Å². The number of non-ortho nitro benzene ring substituents is 1. The highest BCUT2D eigenvalue weighted by atomic mass is 16.6. The average Bonchev–Trinajstić information content (AvgIpc) is 2.92. The number of nitrogens with zero attached hydrogens (tertiary/aromatic N) is 1. The van der Waals surface area contributed by atoms with Crippen LogP contribution in [0.4, 0.5) is 5.69 Å². The summed E-state index contributed by atoms with van der Waals surface area (Å²) >= 11 is 0. The number of fused-ring (bicyclic) bond motifs is 5. The minimum absolute atomic E-state index is 0.143. The van der Waals surface area contributed by atoms with Crippen LogP contribution in [0.15, 0.2) is 24.3 Å². The van der Waals surface area contributed by atoms with Gasteiger partial charge in [-0.15, -0.1) is 0 Å². The van der Waals surface area contributed by atoms with E-state index in [-0.39, 0.29) is 10.6 Å². The second kappa shape index (κ2) is 2.94. The van der Waals surface area contributed by atoms with E-state index in [1.54, 1.807) is 12.1 Å². The van der Waals surface area contributed by atoms with Gasteiger partial charge in [-0.3, -0.25) is 10.1 Å². The summed E-state index contributed by atoms with van der Waals surface area (Å²) in [7, 11) is 0. The molecular weight excluding hydrogens is 230 g/mol. The van der Waals surface area contributed by atoms with E-state index in [9.17, 15) is 10.1 Å². The summed E-state index contributed by atoms with van der Waals surface area (Å²) in [6.07, 6.45) is 3.53. The molecule has 0 amide bonds. The SMILES string of the molecule is C[C@@]12C[C@@H]1C=C1c3cc([N+](=O)[O-])ccc3OC[C@@H]12. The van der Waals surface area contributed by atoms with Crippen molar-refractivity contribution in [2.45, 2.75) is 13.3 Å². The minimum Gasteiger partial charge on any atom is -0.492 e. The molecule has 4 rings (SSSR count). The van der Waals surface area contributed by atoms with E-state index in [0.29, 0.717) is 23.9 Å². The van der Waals surface area contributed by atoms with Crippen molar-refractivity contribution in [2.24, 2.45) is 17.3 Å². The van der Waals surface area contributed by atoms with Crippen LogP contribution in [0.25, 0.3) is 5.57 Å². The van der Waals surface area contributed by atoms with Crippen molar-refractivity contribution in [1.29, 1.82) is 0 Å². The number of hydrogen-bond acceptors (Lipinski definition) is 3. The van der Waals surface area contributed by atoms with Gasteiger partial charge in [0.1, 0.15) is 5.75 Å². The van der Waals surface area contributed by atoms with Crippen LogP contribution in [0.5, 0.6) is 5.75 Å². The molecule has 92 valence electrons. The van der Waals surface area contributed by atoms with E-state index in [2.05, 4.69) is 13.0 Å². The Balaban J connectivity index is 1.85. The van der Waals surface area contributed by atoms with Crippen molar-refractivity contribution in [3.63, 3.8) is 0 Å². The van der Waals surface area contributed by atoms with Crippen LogP contribution in [-0.2, 0) is 0 Å². The van der Waals surface area contributed by atoms with Gasteiger partial charge in [-0.1, -0.05) is 13.0 Å². The quantitative estimate of drug-likeness (QED) is 0.562. The molecule has 1 saturated carbocycles. The number of ether oxygens (including phenoxy) is 1. The van der Waals surface area contributed by atoms with Gasteiger partial charge in [0.25, 0.3) is 5.69 Å². The highest BCUT2D eigenvalue weighted by Crippen LogP contribution is 2.68. The summed E-state index contributed by atoms with van der Waals surface area (Å²) in [4.78, 5) is 10.5. The zero-order chi connectivity index (χ0) is 12.5. The Bertz CT molecular complexity index is 607. The van der Waals surface area contributed by atoms with Crippen LogP contribution in [0, 0.1) is 27.4 Å². The summed E-state index contributed by atoms with van der Waals surface area (Å²) in [5.41, 5.74) is 2.68. The fourth-order valence-electron chi connectivity index (χ4n) is 3.47. The Kier molecular flexibility index (Phi) is 1.65. The predicted molar refractivity (Wildman–Crippen MR) is 66.3 cm³/mol. The third kappa shape index (κ3) is 1.10. The number of nitro benzene ring substituents is 1. The number of rotatable bonds is 1. The van der Waals surface area contributed by atoms with Crippen molar-refractivity contribution in [3.8, 4) is 5.75 Å². The first-order chi connectivity index (χ1) is 8.59. The monoisotopic (exact) mass is 243 g/mol. The third-order valence-corrected chi connectivity index (χ3v) is 4.79. The van der Waals surface area contributed by atoms with Crippen LogP contribution in [0.3, 0.4) is 0 Å². The second-order valence-electron chi connectivity index (χ2n) is 5.74. The highest BCUT2D eigenvalue weighted by molar-refractivity contribution is 5.79. The summed E-state index contributed by atoms with van der Waals surface area (Å²) in [5, 5.41) is 10.9. The number of benzene rings is 1. The first-order valence-corrected chi connectivity index (χ1v) is 6.23. The molecule has 2 aliphatic carbocycles. The summed E-state index contributed by atoms with van der Waals surface area (Å²) < 4.78 is 5.77. The Labute approximate surface area is 104 Å². The number of hydrogen-bond donors (Lipinski definition) is 0. The lowest BCUT2D eigenvalue weighted by atomic mass is 9.83.